The van der Waals surface area contributed by atoms with Crippen LogP contribution in [0.1, 0.15) is 33.1 Å². The summed E-state index contributed by atoms with van der Waals surface area (Å²) in [5, 5.41) is 1.72. The van der Waals surface area contributed by atoms with Gasteiger partial charge in [-0.15, -0.1) is 11.3 Å². The summed E-state index contributed by atoms with van der Waals surface area (Å²) in [7, 11) is -3.43. The molecular formula is C13H22N2O3S2. The van der Waals surface area contributed by atoms with Gasteiger partial charge in [0, 0.05) is 26.6 Å². The van der Waals surface area contributed by atoms with Crippen molar-refractivity contribution in [1.29, 1.82) is 0 Å². The molecule has 20 heavy (non-hydrogen) atoms. The number of carbonyl (C=O) groups excluding carboxylic acids is 1. The zero-order chi connectivity index (χ0) is 15.0. The molecule has 114 valence electrons. The molecule has 1 aromatic heterocycles. The molecular weight excluding hydrogens is 296 g/mol. The van der Waals surface area contributed by atoms with Crippen molar-refractivity contribution in [3.63, 3.8) is 0 Å². The average Bonchev–Trinajstić information content (AvgIpc) is 2.91. The van der Waals surface area contributed by atoms with Gasteiger partial charge in [0.15, 0.2) is 0 Å². The van der Waals surface area contributed by atoms with Crippen molar-refractivity contribution in [2.24, 2.45) is 0 Å². The summed E-state index contributed by atoms with van der Waals surface area (Å²) >= 11 is 1.18. The largest absolute Gasteiger partial charge is 0.342 e. The van der Waals surface area contributed by atoms with Crippen LogP contribution in [0.15, 0.2) is 21.7 Å². The first-order valence-electron chi connectivity index (χ1n) is 6.76. The Morgan fingerprint density at radius 1 is 1.35 bits per heavy atom. The van der Waals surface area contributed by atoms with E-state index in [1.165, 1.54) is 18.3 Å². The molecule has 1 N–H and O–H groups in total. The molecule has 5 nitrogen and oxygen atoms in total. The third kappa shape index (κ3) is 5.60. The molecule has 0 aromatic carbocycles. The van der Waals surface area contributed by atoms with E-state index in [1.807, 2.05) is 0 Å². The molecule has 1 rings (SSSR count). The quantitative estimate of drug-likeness (QED) is 0.709. The lowest BCUT2D eigenvalue weighted by Crippen LogP contribution is -2.37. The molecule has 0 spiro atoms. The lowest BCUT2D eigenvalue weighted by atomic mass is 10.2. The number of hydrogen-bond donors (Lipinski definition) is 1. The van der Waals surface area contributed by atoms with Gasteiger partial charge in [-0.1, -0.05) is 25.8 Å². The number of rotatable bonds is 9. The maximum atomic E-state index is 11.9. The molecule has 0 aliphatic rings. The summed E-state index contributed by atoms with van der Waals surface area (Å²) in [6.45, 7) is 4.95. The van der Waals surface area contributed by atoms with Gasteiger partial charge in [-0.05, 0) is 17.9 Å². The van der Waals surface area contributed by atoms with Crippen molar-refractivity contribution in [2.75, 3.05) is 19.6 Å². The molecule has 0 unspecified atom stereocenters. The molecule has 1 amide bonds. The Kier molecular flexibility index (Phi) is 7.18. The first-order valence-corrected chi connectivity index (χ1v) is 9.12. The monoisotopic (exact) mass is 318 g/mol. The topological polar surface area (TPSA) is 66.5 Å². The number of nitrogens with one attached hydrogen (secondary N) is 1. The fraction of sp³-hybridized carbons (Fsp3) is 0.615. The molecule has 7 heteroatoms. The van der Waals surface area contributed by atoms with Crippen molar-refractivity contribution >= 4 is 27.3 Å². The van der Waals surface area contributed by atoms with Gasteiger partial charge in [0.25, 0.3) is 0 Å². The highest BCUT2D eigenvalue weighted by molar-refractivity contribution is 7.91. The van der Waals surface area contributed by atoms with Crippen LogP contribution >= 0.6 is 11.3 Å². The number of nitrogens with zero attached hydrogens (tertiary/aromatic N) is 1. The molecule has 1 heterocycles. The molecule has 0 aliphatic carbocycles. The van der Waals surface area contributed by atoms with Crippen LogP contribution in [0.25, 0.3) is 0 Å². The van der Waals surface area contributed by atoms with E-state index in [0.717, 1.165) is 19.3 Å². The summed E-state index contributed by atoms with van der Waals surface area (Å²) in [6.07, 6.45) is 3.12. The fourth-order valence-corrected chi connectivity index (χ4v) is 3.84. The van der Waals surface area contributed by atoms with E-state index >= 15 is 0 Å². The van der Waals surface area contributed by atoms with E-state index in [1.54, 1.807) is 22.4 Å². The van der Waals surface area contributed by atoms with Crippen LogP contribution in [0, 0.1) is 0 Å². The molecule has 0 aliphatic heterocycles. The van der Waals surface area contributed by atoms with Crippen LogP contribution in [0.4, 0.5) is 0 Å². The van der Waals surface area contributed by atoms with Crippen LogP contribution in [0.5, 0.6) is 0 Å². The van der Waals surface area contributed by atoms with Crippen molar-refractivity contribution < 1.29 is 13.2 Å². The zero-order valence-electron chi connectivity index (χ0n) is 12.0. The van der Waals surface area contributed by atoms with Crippen LogP contribution in [-0.2, 0) is 14.8 Å². The Hall–Kier alpha value is -0.920. The van der Waals surface area contributed by atoms with Gasteiger partial charge in [0.2, 0.25) is 15.9 Å². The average molecular weight is 318 g/mol. The van der Waals surface area contributed by atoms with Gasteiger partial charge >= 0.3 is 0 Å². The Bertz CT molecular complexity index is 498. The van der Waals surface area contributed by atoms with E-state index in [0.29, 0.717) is 17.3 Å². The zero-order valence-corrected chi connectivity index (χ0v) is 13.6. The molecule has 1 aromatic rings. The normalized spacial score (nSPS) is 11.5. The Balaban J connectivity index is 2.42. The van der Waals surface area contributed by atoms with E-state index in [4.69, 9.17) is 0 Å². The summed E-state index contributed by atoms with van der Waals surface area (Å²) in [6, 6.07) is 3.27. The van der Waals surface area contributed by atoms with Gasteiger partial charge in [-0.3, -0.25) is 4.79 Å². The molecule has 0 fully saturated rings. The van der Waals surface area contributed by atoms with Crippen LogP contribution in [0.3, 0.4) is 0 Å². The number of carbonyl (C=O) groups is 1. The molecule has 0 saturated heterocycles. The highest BCUT2D eigenvalue weighted by Crippen LogP contribution is 2.14. The molecule has 0 radical (unpaired) electrons. The van der Waals surface area contributed by atoms with Crippen molar-refractivity contribution in [3.05, 3.63) is 17.5 Å². The standard InChI is InChI=1S/C13H22N2O3S2/c1-3-4-5-9-15(12(2)16)10-8-14-20(17,18)13-7-6-11-19-13/h6-7,11,14H,3-5,8-10H2,1-2H3. The van der Waals surface area contributed by atoms with Crippen LogP contribution in [0.2, 0.25) is 0 Å². The van der Waals surface area contributed by atoms with Crippen LogP contribution in [-0.4, -0.2) is 38.9 Å². The van der Waals surface area contributed by atoms with Crippen molar-refractivity contribution in [2.45, 2.75) is 37.3 Å². The fourth-order valence-electron chi connectivity index (χ4n) is 1.78. The predicted molar refractivity (Wildman–Crippen MR) is 81.3 cm³/mol. The number of unbranched alkanes of at least 4 members (excludes halogenated alkanes) is 2. The van der Waals surface area contributed by atoms with E-state index < -0.39 is 10.0 Å². The minimum atomic E-state index is -3.43. The Morgan fingerprint density at radius 2 is 2.10 bits per heavy atom. The van der Waals surface area contributed by atoms with Crippen molar-refractivity contribution in [3.8, 4) is 0 Å². The van der Waals surface area contributed by atoms with E-state index in [2.05, 4.69) is 11.6 Å². The highest BCUT2D eigenvalue weighted by atomic mass is 32.2. The van der Waals surface area contributed by atoms with E-state index in [9.17, 15) is 13.2 Å². The van der Waals surface area contributed by atoms with Gasteiger partial charge < -0.3 is 4.90 Å². The van der Waals surface area contributed by atoms with Crippen molar-refractivity contribution in [1.82, 2.24) is 9.62 Å². The highest BCUT2D eigenvalue weighted by Gasteiger charge is 2.15. The van der Waals surface area contributed by atoms with E-state index in [-0.39, 0.29) is 12.5 Å². The van der Waals surface area contributed by atoms with Gasteiger partial charge in [0.1, 0.15) is 4.21 Å². The SMILES string of the molecule is CCCCCN(CCNS(=O)(=O)c1cccs1)C(C)=O. The lowest BCUT2D eigenvalue weighted by Gasteiger charge is -2.21. The molecule has 0 saturated carbocycles. The Labute approximate surface area is 125 Å². The summed E-state index contributed by atoms with van der Waals surface area (Å²) < 4.78 is 26.6. The molecule has 0 atom stereocenters. The summed E-state index contributed by atoms with van der Waals surface area (Å²) in [5.41, 5.74) is 0. The number of amides is 1. The third-order valence-electron chi connectivity index (χ3n) is 2.91. The maximum absolute atomic E-state index is 11.9. The first-order chi connectivity index (χ1) is 9.47. The minimum absolute atomic E-state index is 0.0172. The second-order valence-corrected chi connectivity index (χ2v) is 7.48. The number of hydrogen-bond acceptors (Lipinski definition) is 4. The lowest BCUT2D eigenvalue weighted by molar-refractivity contribution is -0.128. The summed E-state index contributed by atoms with van der Waals surface area (Å²) in [5.74, 6) is -0.0172. The van der Waals surface area contributed by atoms with Crippen LogP contribution < -0.4 is 4.72 Å². The summed E-state index contributed by atoms with van der Waals surface area (Å²) in [4.78, 5) is 13.2. The molecule has 0 bridgehead atoms. The second kappa shape index (κ2) is 8.39. The predicted octanol–water partition coefficient (Wildman–Crippen LogP) is 2.07. The van der Waals surface area contributed by atoms with Gasteiger partial charge in [0.05, 0.1) is 0 Å². The van der Waals surface area contributed by atoms with Gasteiger partial charge in [-0.2, -0.15) is 0 Å². The maximum Gasteiger partial charge on any atom is 0.250 e. The second-order valence-electron chi connectivity index (χ2n) is 4.54. The number of thiophene rings is 1. The third-order valence-corrected chi connectivity index (χ3v) is 5.77. The number of sulfonamides is 1. The smallest absolute Gasteiger partial charge is 0.250 e. The first kappa shape index (κ1) is 17.1. The van der Waals surface area contributed by atoms with Gasteiger partial charge in [-0.25, -0.2) is 13.1 Å². The minimum Gasteiger partial charge on any atom is -0.342 e. The Morgan fingerprint density at radius 3 is 2.65 bits per heavy atom.